The van der Waals surface area contributed by atoms with Gasteiger partial charge < -0.3 is 15.5 Å². The first-order valence-electron chi connectivity index (χ1n) is 8.66. The van der Waals surface area contributed by atoms with Gasteiger partial charge in [-0.1, -0.05) is 54.6 Å². The number of carboxylic acids is 2. The Morgan fingerprint density at radius 2 is 1.33 bits per heavy atom. The molecule has 2 rings (SSSR count). The Morgan fingerprint density at radius 1 is 0.867 bits per heavy atom. The van der Waals surface area contributed by atoms with Crippen molar-refractivity contribution < 1.29 is 37.4 Å². The Balaban J connectivity index is 0.000000479. The molecule has 5 nitrogen and oxygen atoms in total. The number of carboxylic acid groups (broad SMARTS) is 2. The molecular weight excluding hydrogens is 406 g/mol. The molecule has 3 N–H and O–H groups in total. The summed E-state index contributed by atoms with van der Waals surface area (Å²) in [6.45, 7) is 1.65. The lowest BCUT2D eigenvalue weighted by Crippen LogP contribution is -2.37. The summed E-state index contributed by atoms with van der Waals surface area (Å²) >= 11 is 0. The van der Waals surface area contributed by atoms with Gasteiger partial charge in [-0.2, -0.15) is 17.6 Å². The molecule has 0 bridgehead atoms. The molecule has 2 aromatic rings. The third-order valence-electron chi connectivity index (χ3n) is 4.10. The predicted octanol–water partition coefficient (Wildman–Crippen LogP) is 4.56. The van der Waals surface area contributed by atoms with Crippen LogP contribution in [0.4, 0.5) is 17.6 Å². The minimum absolute atomic E-state index is 0.158. The summed E-state index contributed by atoms with van der Waals surface area (Å²) in [6.07, 6.45) is 1.12. The van der Waals surface area contributed by atoms with Gasteiger partial charge in [0.1, 0.15) is 0 Å². The second kappa shape index (κ2) is 10.5. The fourth-order valence-electron chi connectivity index (χ4n) is 2.46. The molecule has 0 amide bonds. The van der Waals surface area contributed by atoms with Crippen LogP contribution in [-0.2, 0) is 21.4 Å². The number of aliphatic carboxylic acids is 2. The third-order valence-corrected chi connectivity index (χ3v) is 4.10. The van der Waals surface area contributed by atoms with Crippen molar-refractivity contribution in [2.24, 2.45) is 0 Å². The van der Waals surface area contributed by atoms with E-state index in [0.717, 1.165) is 18.2 Å². The lowest BCUT2D eigenvalue weighted by atomic mass is 9.90. The summed E-state index contributed by atoms with van der Waals surface area (Å²) in [5, 5.41) is 18.4. The van der Waals surface area contributed by atoms with Gasteiger partial charge in [0.05, 0.1) is 0 Å². The molecule has 0 saturated heterocycles. The van der Waals surface area contributed by atoms with Gasteiger partial charge in [-0.05, 0) is 19.5 Å². The zero-order valence-electron chi connectivity index (χ0n) is 16.2. The fraction of sp³-hybridized carbons (Fsp3) is 0.238. The van der Waals surface area contributed by atoms with Crippen LogP contribution in [0.3, 0.4) is 0 Å². The molecule has 30 heavy (non-hydrogen) atoms. The number of alkyl halides is 4. The second-order valence-electron chi connectivity index (χ2n) is 6.12. The topological polar surface area (TPSA) is 86.6 Å². The number of nitrogens with one attached hydrogen (secondary N) is 1. The molecule has 0 aromatic heterocycles. The summed E-state index contributed by atoms with van der Waals surface area (Å²) in [5.41, 5.74) is -1.21. The Kier molecular flexibility index (Phi) is 8.73. The first-order chi connectivity index (χ1) is 13.9. The number of halogens is 4. The van der Waals surface area contributed by atoms with Crippen LogP contribution in [-0.4, -0.2) is 29.2 Å². The molecule has 1 unspecified atom stereocenters. The van der Waals surface area contributed by atoms with Crippen molar-refractivity contribution in [3.05, 3.63) is 83.4 Å². The summed E-state index contributed by atoms with van der Waals surface area (Å²) in [7, 11) is 1.59. The summed E-state index contributed by atoms with van der Waals surface area (Å²) in [6, 6.07) is 11.1. The van der Waals surface area contributed by atoms with Crippen LogP contribution in [0.5, 0.6) is 0 Å². The molecule has 0 heterocycles. The summed E-state index contributed by atoms with van der Waals surface area (Å²) < 4.78 is 58.0. The average Bonchev–Trinajstić information content (AvgIpc) is 2.72. The molecule has 0 spiro atoms. The van der Waals surface area contributed by atoms with Crippen molar-refractivity contribution in [2.75, 3.05) is 7.05 Å². The van der Waals surface area contributed by atoms with Crippen LogP contribution in [0.15, 0.2) is 66.7 Å². The SMILES string of the molecule is CNC(C)c1ccccc1C(F)(F)C(F)(F)c1ccccc1.O=C(O)/C=C\C(=O)O. The highest BCUT2D eigenvalue weighted by Crippen LogP contribution is 2.50. The second-order valence-corrected chi connectivity index (χ2v) is 6.12. The molecule has 0 aliphatic heterocycles. The van der Waals surface area contributed by atoms with E-state index in [-0.39, 0.29) is 5.56 Å². The molecule has 0 radical (unpaired) electrons. The van der Waals surface area contributed by atoms with E-state index in [9.17, 15) is 27.2 Å². The van der Waals surface area contributed by atoms with Gasteiger partial charge in [0.15, 0.2) is 0 Å². The van der Waals surface area contributed by atoms with E-state index < -0.39 is 41.0 Å². The highest BCUT2D eigenvalue weighted by molar-refractivity contribution is 5.89. The zero-order valence-corrected chi connectivity index (χ0v) is 16.2. The largest absolute Gasteiger partial charge is 0.478 e. The standard InChI is InChI=1S/C17H17F4N.C4H4O4/c1-12(22-2)14-10-6-7-11-15(14)17(20,21)16(18,19)13-8-4-3-5-9-13;5-3(6)1-2-4(7)8/h3-12,22H,1-2H3;1-2H,(H,5,6)(H,7,8)/b;2-1-. The minimum Gasteiger partial charge on any atom is -0.478 e. The third kappa shape index (κ3) is 6.15. The van der Waals surface area contributed by atoms with Gasteiger partial charge in [-0.25, -0.2) is 9.59 Å². The maximum atomic E-state index is 14.6. The summed E-state index contributed by atoms with van der Waals surface area (Å²) in [4.78, 5) is 19.1. The Hall–Kier alpha value is -3.20. The van der Waals surface area contributed by atoms with Gasteiger partial charge in [0, 0.05) is 29.3 Å². The van der Waals surface area contributed by atoms with Crippen LogP contribution < -0.4 is 5.32 Å². The molecule has 0 aliphatic carbocycles. The Morgan fingerprint density at radius 3 is 1.80 bits per heavy atom. The number of hydrogen-bond donors (Lipinski definition) is 3. The van der Waals surface area contributed by atoms with Crippen molar-refractivity contribution in [3.63, 3.8) is 0 Å². The molecule has 0 saturated carbocycles. The molecule has 1 atom stereocenters. The maximum Gasteiger partial charge on any atom is 0.340 e. The zero-order chi connectivity index (χ0) is 22.9. The van der Waals surface area contributed by atoms with Gasteiger partial charge in [-0.3, -0.25) is 0 Å². The minimum atomic E-state index is -4.31. The first kappa shape index (κ1) is 24.8. The van der Waals surface area contributed by atoms with Crippen LogP contribution in [0.2, 0.25) is 0 Å². The fourth-order valence-corrected chi connectivity index (χ4v) is 2.46. The average molecular weight is 427 g/mol. The van der Waals surface area contributed by atoms with Gasteiger partial charge in [0.25, 0.3) is 0 Å². The van der Waals surface area contributed by atoms with Crippen LogP contribution in [0.1, 0.15) is 29.7 Å². The summed E-state index contributed by atoms with van der Waals surface area (Å²) in [5.74, 6) is -11.1. The van der Waals surface area contributed by atoms with Crippen molar-refractivity contribution >= 4 is 11.9 Å². The van der Waals surface area contributed by atoms with Gasteiger partial charge in [0.2, 0.25) is 0 Å². The highest BCUT2D eigenvalue weighted by Gasteiger charge is 2.59. The Bertz CT molecular complexity index is 870. The lowest BCUT2D eigenvalue weighted by Gasteiger charge is -2.30. The number of rotatable bonds is 7. The molecular formula is C21H21F4NO4. The molecule has 0 aliphatic rings. The number of benzene rings is 2. The lowest BCUT2D eigenvalue weighted by molar-refractivity contribution is -0.224. The predicted molar refractivity (Wildman–Crippen MR) is 103 cm³/mol. The smallest absolute Gasteiger partial charge is 0.340 e. The van der Waals surface area contributed by atoms with E-state index in [0.29, 0.717) is 12.2 Å². The number of carbonyl (C=O) groups is 2. The molecule has 162 valence electrons. The number of hydrogen-bond acceptors (Lipinski definition) is 3. The van der Waals surface area contributed by atoms with E-state index in [1.807, 2.05) is 0 Å². The van der Waals surface area contributed by atoms with Crippen molar-refractivity contribution in [1.29, 1.82) is 0 Å². The highest BCUT2D eigenvalue weighted by atomic mass is 19.3. The van der Waals surface area contributed by atoms with Crippen molar-refractivity contribution in [2.45, 2.75) is 24.8 Å². The van der Waals surface area contributed by atoms with E-state index in [4.69, 9.17) is 10.2 Å². The first-order valence-corrected chi connectivity index (χ1v) is 8.66. The van der Waals surface area contributed by atoms with Crippen molar-refractivity contribution in [3.8, 4) is 0 Å². The molecule has 0 fully saturated rings. The van der Waals surface area contributed by atoms with Crippen LogP contribution in [0.25, 0.3) is 0 Å². The van der Waals surface area contributed by atoms with Gasteiger partial charge in [-0.15, -0.1) is 0 Å². The molecule has 9 heteroatoms. The Labute approximate surface area is 170 Å². The van der Waals surface area contributed by atoms with Crippen LogP contribution >= 0.6 is 0 Å². The maximum absolute atomic E-state index is 14.6. The quantitative estimate of drug-likeness (QED) is 0.445. The monoisotopic (exact) mass is 427 g/mol. The van der Waals surface area contributed by atoms with E-state index in [1.54, 1.807) is 20.0 Å². The van der Waals surface area contributed by atoms with E-state index in [2.05, 4.69) is 5.32 Å². The van der Waals surface area contributed by atoms with Crippen molar-refractivity contribution in [1.82, 2.24) is 5.32 Å². The van der Waals surface area contributed by atoms with Gasteiger partial charge >= 0.3 is 23.8 Å². The normalized spacial score (nSPS) is 12.7. The van der Waals surface area contributed by atoms with E-state index in [1.165, 1.54) is 30.3 Å². The van der Waals surface area contributed by atoms with E-state index >= 15 is 0 Å². The van der Waals surface area contributed by atoms with Crippen LogP contribution in [0, 0.1) is 0 Å². The molecule has 2 aromatic carbocycles.